The molecular formula is C48H37N5Si. The summed E-state index contributed by atoms with van der Waals surface area (Å²) in [6.07, 6.45) is 0. The van der Waals surface area contributed by atoms with E-state index in [4.69, 9.17) is 15.0 Å². The van der Waals surface area contributed by atoms with Gasteiger partial charge in [0, 0.05) is 38.4 Å². The largest absolute Gasteiger partial charge is 0.309 e. The molecule has 0 aliphatic heterocycles. The fourth-order valence-electron chi connectivity index (χ4n) is 7.82. The number of hydrogen-bond acceptors (Lipinski definition) is 3. The van der Waals surface area contributed by atoms with Crippen LogP contribution in [-0.4, -0.2) is 32.2 Å². The van der Waals surface area contributed by atoms with Crippen molar-refractivity contribution in [1.82, 2.24) is 24.1 Å². The zero-order valence-corrected chi connectivity index (χ0v) is 31.4. The van der Waals surface area contributed by atoms with Crippen molar-refractivity contribution in [3.63, 3.8) is 0 Å². The number of fused-ring (bicyclic) bond motifs is 6. The third-order valence-corrected chi connectivity index (χ3v) is 12.6. The highest BCUT2D eigenvalue weighted by Gasteiger charge is 2.20. The van der Waals surface area contributed by atoms with E-state index < -0.39 is 8.07 Å². The Morgan fingerprint density at radius 2 is 0.796 bits per heavy atom. The molecule has 0 fully saturated rings. The fourth-order valence-corrected chi connectivity index (χ4v) is 8.98. The normalized spacial score (nSPS) is 12.0. The lowest BCUT2D eigenvalue weighted by Gasteiger charge is -2.17. The Hall–Kier alpha value is -6.63. The molecule has 0 amide bonds. The van der Waals surface area contributed by atoms with Gasteiger partial charge >= 0.3 is 0 Å². The Morgan fingerprint density at radius 1 is 0.370 bits per heavy atom. The monoisotopic (exact) mass is 711 g/mol. The van der Waals surface area contributed by atoms with Gasteiger partial charge in [0.25, 0.3) is 0 Å². The Labute approximate surface area is 314 Å². The highest BCUT2D eigenvalue weighted by Crippen LogP contribution is 2.35. The number of nitrogens with zero attached hydrogens (tertiary/aromatic N) is 5. The molecule has 5 nitrogen and oxygen atoms in total. The first-order chi connectivity index (χ1) is 26.4. The molecule has 0 saturated heterocycles. The van der Waals surface area contributed by atoms with Crippen molar-refractivity contribution in [2.24, 2.45) is 0 Å². The third-order valence-electron chi connectivity index (χ3n) is 10.6. The van der Waals surface area contributed by atoms with Crippen LogP contribution in [0.2, 0.25) is 19.6 Å². The molecule has 0 spiro atoms. The van der Waals surface area contributed by atoms with E-state index >= 15 is 0 Å². The summed E-state index contributed by atoms with van der Waals surface area (Å²) in [5.74, 6) is 1.89. The van der Waals surface area contributed by atoms with Crippen LogP contribution in [0.4, 0.5) is 0 Å². The van der Waals surface area contributed by atoms with E-state index in [9.17, 15) is 0 Å². The van der Waals surface area contributed by atoms with E-state index in [-0.39, 0.29) is 0 Å². The number of aromatic nitrogens is 5. The molecule has 0 radical (unpaired) electrons. The predicted molar refractivity (Wildman–Crippen MR) is 228 cm³/mol. The second-order valence-electron chi connectivity index (χ2n) is 15.0. The van der Waals surface area contributed by atoms with E-state index in [1.54, 1.807) is 0 Å². The predicted octanol–water partition coefficient (Wildman–Crippen LogP) is 11.6. The first-order valence-electron chi connectivity index (χ1n) is 18.5. The van der Waals surface area contributed by atoms with Crippen LogP contribution < -0.4 is 5.19 Å². The lowest BCUT2D eigenvalue weighted by molar-refractivity contribution is 0.953. The van der Waals surface area contributed by atoms with Crippen LogP contribution in [-0.2, 0) is 0 Å². The highest BCUT2D eigenvalue weighted by atomic mass is 28.3. The number of para-hydroxylation sites is 4. The van der Waals surface area contributed by atoms with E-state index in [0.717, 1.165) is 39.0 Å². The van der Waals surface area contributed by atoms with E-state index in [2.05, 4.69) is 199 Å². The molecule has 10 rings (SSSR count). The molecule has 258 valence electrons. The molecule has 54 heavy (non-hydrogen) atoms. The summed E-state index contributed by atoms with van der Waals surface area (Å²) in [6, 6.07) is 60.4. The molecule has 3 heterocycles. The summed E-state index contributed by atoms with van der Waals surface area (Å²) >= 11 is 0. The van der Waals surface area contributed by atoms with Crippen LogP contribution in [0, 0.1) is 0 Å². The van der Waals surface area contributed by atoms with E-state index in [1.165, 1.54) is 37.8 Å². The van der Waals surface area contributed by atoms with Crippen LogP contribution >= 0.6 is 0 Å². The third kappa shape index (κ3) is 5.34. The summed E-state index contributed by atoms with van der Waals surface area (Å²) in [7, 11) is -1.47. The van der Waals surface area contributed by atoms with Crippen molar-refractivity contribution in [1.29, 1.82) is 0 Å². The second kappa shape index (κ2) is 12.5. The number of hydrogen-bond donors (Lipinski definition) is 0. The summed E-state index contributed by atoms with van der Waals surface area (Å²) in [4.78, 5) is 15.5. The summed E-state index contributed by atoms with van der Waals surface area (Å²) in [5.41, 5.74) is 9.83. The van der Waals surface area contributed by atoms with Gasteiger partial charge in [-0.15, -0.1) is 0 Å². The molecule has 0 N–H and O–H groups in total. The minimum Gasteiger partial charge on any atom is -0.309 e. The molecule has 0 saturated carbocycles. The van der Waals surface area contributed by atoms with Gasteiger partial charge in [0.2, 0.25) is 5.95 Å². The summed E-state index contributed by atoms with van der Waals surface area (Å²) < 4.78 is 4.53. The van der Waals surface area contributed by atoms with Crippen molar-refractivity contribution in [3.8, 4) is 45.5 Å². The zero-order chi connectivity index (χ0) is 36.4. The van der Waals surface area contributed by atoms with Gasteiger partial charge < -0.3 is 4.57 Å². The average molecular weight is 712 g/mol. The Morgan fingerprint density at radius 3 is 1.28 bits per heavy atom. The molecule has 0 atom stereocenters. The highest BCUT2D eigenvalue weighted by molar-refractivity contribution is 6.88. The topological polar surface area (TPSA) is 48.5 Å². The Kier molecular flexibility index (Phi) is 7.42. The molecular weight excluding hydrogens is 675 g/mol. The zero-order valence-electron chi connectivity index (χ0n) is 30.4. The summed E-state index contributed by atoms with van der Waals surface area (Å²) in [6.45, 7) is 7.11. The minimum atomic E-state index is -1.47. The van der Waals surface area contributed by atoms with Crippen molar-refractivity contribution < 1.29 is 0 Å². The molecule has 0 aliphatic rings. The molecule has 0 unspecified atom stereocenters. The molecule has 6 heteroatoms. The standard InChI is InChI=1S/C48H37N5Si/c1-54(2,3)37-29-27-34(28-30-37)47-49-46(50-48(51-47)53-44-21-10-6-17-40(44)41-18-7-11-22-45(41)53)33-25-23-32(24-26-33)35-13-12-14-36(31-35)52-42-19-8-4-15-38(42)39-16-5-9-20-43(39)52/h4-31H,1-3H3. The van der Waals surface area contributed by atoms with Gasteiger partial charge in [-0.05, 0) is 47.5 Å². The number of rotatable bonds is 6. The minimum absolute atomic E-state index is 0.602. The maximum atomic E-state index is 5.18. The summed E-state index contributed by atoms with van der Waals surface area (Å²) in [5, 5.41) is 6.26. The smallest absolute Gasteiger partial charge is 0.238 e. The van der Waals surface area contributed by atoms with Crippen molar-refractivity contribution in [2.45, 2.75) is 19.6 Å². The van der Waals surface area contributed by atoms with Gasteiger partial charge in [0.05, 0.1) is 30.1 Å². The van der Waals surface area contributed by atoms with Gasteiger partial charge in [-0.2, -0.15) is 9.97 Å². The lowest BCUT2D eigenvalue weighted by atomic mass is 10.0. The van der Waals surface area contributed by atoms with E-state index in [0.29, 0.717) is 17.6 Å². The molecule has 3 aromatic heterocycles. The molecule has 10 aromatic rings. The van der Waals surface area contributed by atoms with Gasteiger partial charge in [-0.1, -0.05) is 158 Å². The van der Waals surface area contributed by atoms with Gasteiger partial charge in [0.15, 0.2) is 11.6 Å². The maximum absolute atomic E-state index is 5.18. The Bertz CT molecular complexity index is 2910. The second-order valence-corrected chi connectivity index (χ2v) is 20.1. The maximum Gasteiger partial charge on any atom is 0.238 e. The first kappa shape index (κ1) is 32.1. The fraction of sp³-hybridized carbons (Fsp3) is 0.0625. The van der Waals surface area contributed by atoms with Crippen LogP contribution in [0.3, 0.4) is 0 Å². The van der Waals surface area contributed by atoms with Gasteiger partial charge in [0.1, 0.15) is 0 Å². The molecule has 0 aliphatic carbocycles. The average Bonchev–Trinajstić information content (AvgIpc) is 3.74. The van der Waals surface area contributed by atoms with Crippen molar-refractivity contribution >= 4 is 56.9 Å². The van der Waals surface area contributed by atoms with Crippen molar-refractivity contribution in [3.05, 3.63) is 170 Å². The first-order valence-corrected chi connectivity index (χ1v) is 22.0. The van der Waals surface area contributed by atoms with Crippen LogP contribution in [0.1, 0.15) is 0 Å². The van der Waals surface area contributed by atoms with Crippen LogP contribution in [0.25, 0.3) is 89.2 Å². The quantitative estimate of drug-likeness (QED) is 0.161. The van der Waals surface area contributed by atoms with Crippen LogP contribution in [0.15, 0.2) is 170 Å². The van der Waals surface area contributed by atoms with Gasteiger partial charge in [-0.3, -0.25) is 4.57 Å². The van der Waals surface area contributed by atoms with Gasteiger partial charge in [-0.25, -0.2) is 4.98 Å². The SMILES string of the molecule is C[Si](C)(C)c1ccc(-c2nc(-c3ccc(-c4cccc(-n5c6ccccc6c6ccccc65)c4)cc3)nc(-n3c4ccccc4c4ccccc43)n2)cc1. The molecule has 0 bridgehead atoms. The lowest BCUT2D eigenvalue weighted by Crippen LogP contribution is -2.37. The number of benzene rings is 7. The molecule has 7 aromatic carbocycles. The van der Waals surface area contributed by atoms with Crippen LogP contribution in [0.5, 0.6) is 0 Å². The van der Waals surface area contributed by atoms with Crippen molar-refractivity contribution in [2.75, 3.05) is 0 Å². The van der Waals surface area contributed by atoms with E-state index in [1.807, 2.05) is 0 Å². The Balaban J connectivity index is 1.09.